The van der Waals surface area contributed by atoms with E-state index in [2.05, 4.69) is 5.32 Å². The van der Waals surface area contributed by atoms with Gasteiger partial charge in [-0.15, -0.1) is 11.8 Å². The molecule has 1 amide bonds. The highest BCUT2D eigenvalue weighted by Crippen LogP contribution is 2.29. The molecule has 2 rings (SSSR count). The molecular weight excluding hydrogens is 304 g/mol. The lowest BCUT2D eigenvalue weighted by atomic mass is 10.1. The Morgan fingerprint density at radius 3 is 2.64 bits per heavy atom. The van der Waals surface area contributed by atoms with Crippen LogP contribution in [0.15, 0.2) is 47.4 Å². The number of nitro groups is 1. The minimum absolute atomic E-state index is 0.117. The quantitative estimate of drug-likeness (QED) is 0.518. The number of hydrogen-bond acceptors (Lipinski definition) is 5. The molecule has 1 N–H and O–H groups in total. The highest BCUT2D eigenvalue weighted by atomic mass is 32.2. The average molecular weight is 318 g/mol. The van der Waals surface area contributed by atoms with Crippen molar-refractivity contribution in [2.45, 2.75) is 4.90 Å². The van der Waals surface area contributed by atoms with Gasteiger partial charge >= 0.3 is 5.69 Å². The molecule has 0 aliphatic carbocycles. The normalized spacial score (nSPS) is 10.1. The first-order valence-corrected chi connectivity index (χ1v) is 7.56. The Kier molecular flexibility index (Phi) is 5.00. The Labute approximate surface area is 131 Å². The maximum Gasteiger partial charge on any atom is 0.311 e. The van der Waals surface area contributed by atoms with Crippen LogP contribution in [0.3, 0.4) is 0 Å². The van der Waals surface area contributed by atoms with E-state index in [1.807, 2.05) is 24.5 Å². The molecule has 7 heteroatoms. The molecular formula is C15H14N2O4S. The third kappa shape index (κ3) is 3.37. The molecule has 114 valence electrons. The van der Waals surface area contributed by atoms with E-state index in [4.69, 9.17) is 4.74 Å². The third-order valence-corrected chi connectivity index (χ3v) is 3.79. The molecule has 0 heterocycles. The number of para-hydroxylation sites is 1. The van der Waals surface area contributed by atoms with Gasteiger partial charge in [0, 0.05) is 16.5 Å². The molecule has 2 aromatic carbocycles. The lowest BCUT2D eigenvalue weighted by Gasteiger charge is -2.09. The van der Waals surface area contributed by atoms with Gasteiger partial charge in [0.2, 0.25) is 0 Å². The van der Waals surface area contributed by atoms with Crippen LogP contribution in [0.4, 0.5) is 11.4 Å². The molecule has 0 aromatic heterocycles. The number of hydrogen-bond donors (Lipinski definition) is 1. The van der Waals surface area contributed by atoms with Crippen molar-refractivity contribution in [1.29, 1.82) is 0 Å². The number of ether oxygens (including phenoxy) is 1. The van der Waals surface area contributed by atoms with Crippen LogP contribution in [-0.4, -0.2) is 24.2 Å². The monoisotopic (exact) mass is 318 g/mol. The number of thioether (sulfide) groups is 1. The summed E-state index contributed by atoms with van der Waals surface area (Å²) in [5, 5.41) is 13.8. The molecule has 2 aromatic rings. The van der Waals surface area contributed by atoms with E-state index >= 15 is 0 Å². The molecule has 0 saturated heterocycles. The zero-order valence-electron chi connectivity index (χ0n) is 12.0. The van der Waals surface area contributed by atoms with Crippen LogP contribution in [0.2, 0.25) is 0 Å². The van der Waals surface area contributed by atoms with E-state index in [1.165, 1.54) is 37.1 Å². The SMILES string of the molecule is COc1ccc(C(=O)Nc2ccccc2SC)cc1[N+](=O)[O-]. The summed E-state index contributed by atoms with van der Waals surface area (Å²) in [5.41, 5.74) is 0.621. The van der Waals surface area contributed by atoms with E-state index in [0.29, 0.717) is 5.69 Å². The predicted molar refractivity (Wildman–Crippen MR) is 85.8 cm³/mol. The summed E-state index contributed by atoms with van der Waals surface area (Å²) >= 11 is 1.50. The standard InChI is InChI=1S/C15H14N2O4S/c1-21-13-8-7-10(9-12(13)17(19)20)15(18)16-11-5-3-4-6-14(11)22-2/h3-9H,1-2H3,(H,16,18). The second-order valence-corrected chi connectivity index (χ2v) is 5.15. The first-order chi connectivity index (χ1) is 10.6. The number of nitrogens with one attached hydrogen (secondary N) is 1. The van der Waals surface area contributed by atoms with Crippen LogP contribution in [0.5, 0.6) is 5.75 Å². The fourth-order valence-electron chi connectivity index (χ4n) is 1.92. The molecule has 0 unspecified atom stereocenters. The average Bonchev–Trinajstić information content (AvgIpc) is 2.54. The van der Waals surface area contributed by atoms with Gasteiger partial charge in [-0.1, -0.05) is 12.1 Å². The molecule has 0 bridgehead atoms. The van der Waals surface area contributed by atoms with Crippen molar-refractivity contribution in [2.75, 3.05) is 18.7 Å². The second-order valence-electron chi connectivity index (χ2n) is 4.30. The number of nitro benzene ring substituents is 1. The summed E-state index contributed by atoms with van der Waals surface area (Å²) in [6, 6.07) is 11.5. The topological polar surface area (TPSA) is 81.5 Å². The lowest BCUT2D eigenvalue weighted by molar-refractivity contribution is -0.385. The molecule has 0 radical (unpaired) electrons. The van der Waals surface area contributed by atoms with Gasteiger partial charge in [-0.25, -0.2) is 0 Å². The maximum absolute atomic E-state index is 12.3. The summed E-state index contributed by atoms with van der Waals surface area (Å²) in [6.07, 6.45) is 1.91. The molecule has 6 nitrogen and oxygen atoms in total. The Morgan fingerprint density at radius 1 is 1.27 bits per heavy atom. The van der Waals surface area contributed by atoms with E-state index in [1.54, 1.807) is 6.07 Å². The number of methoxy groups -OCH3 is 1. The number of amides is 1. The number of carbonyl (C=O) groups excluding carboxylic acids is 1. The van der Waals surface area contributed by atoms with Crippen molar-refractivity contribution in [2.24, 2.45) is 0 Å². The zero-order valence-corrected chi connectivity index (χ0v) is 12.8. The van der Waals surface area contributed by atoms with E-state index in [-0.39, 0.29) is 17.0 Å². The van der Waals surface area contributed by atoms with Gasteiger partial charge in [0.05, 0.1) is 17.7 Å². The molecule has 22 heavy (non-hydrogen) atoms. The van der Waals surface area contributed by atoms with Gasteiger partial charge in [-0.05, 0) is 30.5 Å². The van der Waals surface area contributed by atoms with Crippen LogP contribution in [0.1, 0.15) is 10.4 Å². The summed E-state index contributed by atoms with van der Waals surface area (Å²) in [7, 11) is 1.34. The van der Waals surface area contributed by atoms with Crippen molar-refractivity contribution >= 4 is 29.0 Å². The number of benzene rings is 2. The number of carbonyl (C=O) groups is 1. The molecule has 0 atom stereocenters. The van der Waals surface area contributed by atoms with E-state index in [0.717, 1.165) is 4.90 Å². The number of rotatable bonds is 5. The fourth-order valence-corrected chi connectivity index (χ4v) is 2.47. The molecule has 0 aliphatic rings. The smallest absolute Gasteiger partial charge is 0.311 e. The Bertz CT molecular complexity index is 718. The van der Waals surface area contributed by atoms with Crippen LogP contribution in [-0.2, 0) is 0 Å². The molecule has 0 spiro atoms. The lowest BCUT2D eigenvalue weighted by Crippen LogP contribution is -2.13. The Hall–Kier alpha value is -2.54. The summed E-state index contributed by atoms with van der Waals surface area (Å²) < 4.78 is 4.92. The summed E-state index contributed by atoms with van der Waals surface area (Å²) in [5.74, 6) is -0.293. The minimum Gasteiger partial charge on any atom is -0.490 e. The third-order valence-electron chi connectivity index (χ3n) is 2.99. The van der Waals surface area contributed by atoms with Gasteiger partial charge in [-0.2, -0.15) is 0 Å². The zero-order chi connectivity index (χ0) is 16.1. The molecule has 0 saturated carbocycles. The highest BCUT2D eigenvalue weighted by Gasteiger charge is 2.18. The maximum atomic E-state index is 12.3. The molecule has 0 aliphatic heterocycles. The van der Waals surface area contributed by atoms with Crippen molar-refractivity contribution in [3.8, 4) is 5.75 Å². The van der Waals surface area contributed by atoms with Gasteiger partial charge < -0.3 is 10.1 Å². The molecule has 0 fully saturated rings. The number of nitrogens with zero attached hydrogens (tertiary/aromatic N) is 1. The van der Waals surface area contributed by atoms with Crippen LogP contribution >= 0.6 is 11.8 Å². The van der Waals surface area contributed by atoms with Crippen molar-refractivity contribution in [3.05, 3.63) is 58.1 Å². The van der Waals surface area contributed by atoms with Crippen molar-refractivity contribution in [1.82, 2.24) is 0 Å². The van der Waals surface area contributed by atoms with Gasteiger partial charge in [0.15, 0.2) is 5.75 Å². The van der Waals surface area contributed by atoms with Gasteiger partial charge in [0.25, 0.3) is 5.91 Å². The summed E-state index contributed by atoms with van der Waals surface area (Å²) in [6.45, 7) is 0. The van der Waals surface area contributed by atoms with Gasteiger partial charge in [0.1, 0.15) is 0 Å². The van der Waals surface area contributed by atoms with Crippen LogP contribution in [0, 0.1) is 10.1 Å². The number of anilines is 1. The second kappa shape index (κ2) is 6.95. The highest BCUT2D eigenvalue weighted by molar-refractivity contribution is 7.98. The van der Waals surface area contributed by atoms with Crippen molar-refractivity contribution < 1.29 is 14.5 Å². The largest absolute Gasteiger partial charge is 0.490 e. The first-order valence-electron chi connectivity index (χ1n) is 6.33. The van der Waals surface area contributed by atoms with E-state index in [9.17, 15) is 14.9 Å². The van der Waals surface area contributed by atoms with E-state index < -0.39 is 10.8 Å². The summed E-state index contributed by atoms with van der Waals surface area (Å²) in [4.78, 5) is 23.6. The van der Waals surface area contributed by atoms with Crippen LogP contribution < -0.4 is 10.1 Å². The van der Waals surface area contributed by atoms with Crippen molar-refractivity contribution in [3.63, 3.8) is 0 Å². The van der Waals surface area contributed by atoms with Gasteiger partial charge in [-0.3, -0.25) is 14.9 Å². The fraction of sp³-hybridized carbons (Fsp3) is 0.133. The minimum atomic E-state index is -0.578. The predicted octanol–water partition coefficient (Wildman–Crippen LogP) is 3.58. The first kappa shape index (κ1) is 15.8. The van der Waals surface area contributed by atoms with Crippen LogP contribution in [0.25, 0.3) is 0 Å². The Balaban J connectivity index is 2.30. The Morgan fingerprint density at radius 2 is 2.00 bits per heavy atom.